The summed E-state index contributed by atoms with van der Waals surface area (Å²) in [6.45, 7) is 0.303. The number of hydrogen-bond acceptors (Lipinski definition) is 5. The minimum atomic E-state index is -0.224. The second-order valence-electron chi connectivity index (χ2n) is 6.26. The fraction of sp³-hybridized carbons (Fsp3) is 0.500. The maximum Gasteiger partial charge on any atom is 0.261 e. The third-order valence-electron chi connectivity index (χ3n) is 4.41. The van der Waals surface area contributed by atoms with Gasteiger partial charge in [-0.25, -0.2) is 0 Å². The van der Waals surface area contributed by atoms with E-state index in [0.717, 1.165) is 31.5 Å². The summed E-state index contributed by atoms with van der Waals surface area (Å²) >= 11 is 1.54. The van der Waals surface area contributed by atoms with E-state index < -0.39 is 0 Å². The number of aryl methyl sites for hydroxylation is 2. The highest BCUT2D eigenvalue weighted by Gasteiger charge is 2.26. The number of thiophene rings is 1. The van der Waals surface area contributed by atoms with Crippen LogP contribution in [0, 0.1) is 0 Å². The number of carbonyl (C=O) groups is 2. The predicted molar refractivity (Wildman–Crippen MR) is 88.8 cm³/mol. The Balaban J connectivity index is 1.25. The molecule has 2 amide bonds. The van der Waals surface area contributed by atoms with Crippen LogP contribution in [0.2, 0.25) is 0 Å². The molecule has 0 unspecified atom stereocenters. The molecule has 2 aliphatic carbocycles. The average molecular weight is 345 g/mol. The molecule has 0 spiro atoms. The third-order valence-corrected chi connectivity index (χ3v) is 5.65. The van der Waals surface area contributed by atoms with E-state index in [4.69, 9.17) is 0 Å². The van der Waals surface area contributed by atoms with Crippen LogP contribution in [-0.2, 0) is 24.2 Å². The molecule has 0 aromatic carbocycles. The number of carbonyl (C=O) groups excluding carboxylic acids is 2. The zero-order chi connectivity index (χ0) is 16.5. The van der Waals surface area contributed by atoms with Crippen molar-refractivity contribution >= 4 is 23.2 Å². The van der Waals surface area contributed by atoms with E-state index >= 15 is 0 Å². The summed E-state index contributed by atoms with van der Waals surface area (Å²) in [5, 5.41) is 13.4. The molecule has 2 heterocycles. The number of amides is 2. The van der Waals surface area contributed by atoms with Crippen LogP contribution in [-0.4, -0.2) is 33.1 Å². The topological polar surface area (TPSA) is 88.9 Å². The van der Waals surface area contributed by atoms with Gasteiger partial charge in [0, 0.05) is 10.9 Å². The Labute approximate surface area is 143 Å². The Bertz CT molecular complexity index is 756. The molecule has 7 nitrogen and oxygen atoms in total. The normalized spacial score (nSPS) is 16.0. The van der Waals surface area contributed by atoms with Gasteiger partial charge in [-0.1, -0.05) is 0 Å². The summed E-state index contributed by atoms with van der Waals surface area (Å²) in [4.78, 5) is 26.1. The highest BCUT2D eigenvalue weighted by molar-refractivity contribution is 7.14. The molecule has 4 rings (SSSR count). The minimum absolute atomic E-state index is 0.0288. The fourth-order valence-electron chi connectivity index (χ4n) is 2.98. The molecule has 2 aromatic rings. The molecule has 0 atom stereocenters. The van der Waals surface area contributed by atoms with E-state index in [9.17, 15) is 9.59 Å². The Morgan fingerprint density at radius 3 is 2.96 bits per heavy atom. The first-order valence-electron chi connectivity index (χ1n) is 8.25. The molecule has 1 fully saturated rings. The molecule has 0 radical (unpaired) electrons. The van der Waals surface area contributed by atoms with Crippen LogP contribution in [0.15, 0.2) is 12.4 Å². The lowest BCUT2D eigenvalue weighted by Crippen LogP contribution is -2.36. The second-order valence-corrected chi connectivity index (χ2v) is 7.39. The molecule has 24 heavy (non-hydrogen) atoms. The van der Waals surface area contributed by atoms with E-state index in [2.05, 4.69) is 20.8 Å². The van der Waals surface area contributed by atoms with E-state index in [1.165, 1.54) is 28.2 Å². The van der Waals surface area contributed by atoms with E-state index in [0.29, 0.717) is 17.5 Å². The molecule has 2 aliphatic rings. The number of nitrogens with one attached hydrogen (secondary N) is 2. The van der Waals surface area contributed by atoms with Gasteiger partial charge in [-0.15, -0.1) is 21.5 Å². The molecule has 2 N–H and O–H groups in total. The van der Waals surface area contributed by atoms with Crippen LogP contribution in [0.25, 0.3) is 0 Å². The Morgan fingerprint density at radius 1 is 1.29 bits per heavy atom. The molecular formula is C16H19N5O2S. The first-order valence-corrected chi connectivity index (χ1v) is 9.07. The standard InChI is InChI=1S/C16H19N5O2S/c22-15(17-7-14-20-19-9-21(14)11-4-5-11)8-18-16(23)13-6-10-2-1-3-12(10)24-13/h6,9,11H,1-5,7-8H2,(H,17,22)(H,18,23). The van der Waals surface area contributed by atoms with Gasteiger partial charge in [-0.05, 0) is 43.7 Å². The van der Waals surface area contributed by atoms with E-state index in [-0.39, 0.29) is 18.4 Å². The van der Waals surface area contributed by atoms with Crippen LogP contribution >= 0.6 is 11.3 Å². The zero-order valence-corrected chi connectivity index (χ0v) is 14.1. The Hall–Kier alpha value is -2.22. The smallest absolute Gasteiger partial charge is 0.261 e. The van der Waals surface area contributed by atoms with Crippen molar-refractivity contribution in [3.05, 3.63) is 33.5 Å². The van der Waals surface area contributed by atoms with Gasteiger partial charge in [0.05, 0.1) is 18.0 Å². The lowest BCUT2D eigenvalue weighted by molar-refractivity contribution is -0.120. The average Bonchev–Trinajstić information content (AvgIpc) is 2.98. The van der Waals surface area contributed by atoms with Gasteiger partial charge in [0.1, 0.15) is 6.33 Å². The molecule has 0 saturated heterocycles. The second kappa shape index (κ2) is 6.35. The van der Waals surface area contributed by atoms with Crippen LogP contribution < -0.4 is 10.6 Å². The van der Waals surface area contributed by atoms with Gasteiger partial charge >= 0.3 is 0 Å². The molecule has 0 aliphatic heterocycles. The van der Waals surface area contributed by atoms with Crippen molar-refractivity contribution in [2.45, 2.75) is 44.7 Å². The summed E-state index contributed by atoms with van der Waals surface area (Å²) in [6, 6.07) is 2.44. The van der Waals surface area contributed by atoms with Gasteiger partial charge < -0.3 is 15.2 Å². The maximum absolute atomic E-state index is 12.1. The first kappa shape index (κ1) is 15.3. The lowest BCUT2D eigenvalue weighted by Gasteiger charge is -2.07. The van der Waals surface area contributed by atoms with Crippen LogP contribution in [0.3, 0.4) is 0 Å². The summed E-state index contributed by atoms with van der Waals surface area (Å²) in [5.74, 6) is 0.357. The van der Waals surface area contributed by atoms with Gasteiger partial charge in [-0.2, -0.15) is 0 Å². The number of nitrogens with zero attached hydrogens (tertiary/aromatic N) is 3. The first-order chi connectivity index (χ1) is 11.7. The predicted octanol–water partition coefficient (Wildman–Crippen LogP) is 1.21. The van der Waals surface area contributed by atoms with E-state index in [1.807, 2.05) is 10.6 Å². The highest BCUT2D eigenvalue weighted by Crippen LogP contribution is 2.35. The summed E-state index contributed by atoms with van der Waals surface area (Å²) < 4.78 is 2.01. The van der Waals surface area contributed by atoms with Crippen molar-refractivity contribution in [2.75, 3.05) is 6.54 Å². The summed E-state index contributed by atoms with van der Waals surface area (Å²) in [7, 11) is 0. The fourth-order valence-corrected chi connectivity index (χ4v) is 4.15. The van der Waals surface area contributed by atoms with Gasteiger partial charge in [0.2, 0.25) is 5.91 Å². The molecular weight excluding hydrogens is 326 g/mol. The molecule has 126 valence electrons. The zero-order valence-electron chi connectivity index (χ0n) is 13.2. The summed E-state index contributed by atoms with van der Waals surface area (Å²) in [6.07, 6.45) is 7.28. The van der Waals surface area contributed by atoms with Crippen molar-refractivity contribution in [1.29, 1.82) is 0 Å². The quantitative estimate of drug-likeness (QED) is 0.823. The van der Waals surface area contributed by atoms with Gasteiger partial charge in [-0.3, -0.25) is 9.59 Å². The number of aromatic nitrogens is 3. The largest absolute Gasteiger partial charge is 0.347 e. The van der Waals surface area contributed by atoms with Crippen molar-refractivity contribution in [3.8, 4) is 0 Å². The molecule has 1 saturated carbocycles. The number of hydrogen-bond donors (Lipinski definition) is 2. The lowest BCUT2D eigenvalue weighted by atomic mass is 10.2. The van der Waals surface area contributed by atoms with Crippen molar-refractivity contribution in [3.63, 3.8) is 0 Å². The van der Waals surface area contributed by atoms with Crippen LogP contribution in [0.5, 0.6) is 0 Å². The maximum atomic E-state index is 12.1. The third kappa shape index (κ3) is 3.19. The highest BCUT2D eigenvalue weighted by atomic mass is 32.1. The van der Waals surface area contributed by atoms with Gasteiger partial charge in [0.15, 0.2) is 5.82 Å². The number of fused-ring (bicyclic) bond motifs is 1. The van der Waals surface area contributed by atoms with E-state index in [1.54, 1.807) is 6.33 Å². The Morgan fingerprint density at radius 2 is 2.17 bits per heavy atom. The summed E-state index contributed by atoms with van der Waals surface area (Å²) in [5.41, 5.74) is 1.29. The molecule has 0 bridgehead atoms. The minimum Gasteiger partial charge on any atom is -0.347 e. The molecule has 2 aromatic heterocycles. The monoisotopic (exact) mass is 345 g/mol. The van der Waals surface area contributed by atoms with Crippen molar-refractivity contribution < 1.29 is 9.59 Å². The SMILES string of the molecule is O=C(CNC(=O)c1cc2c(s1)CCC2)NCc1nncn1C1CC1. The van der Waals surface area contributed by atoms with Crippen molar-refractivity contribution in [1.82, 2.24) is 25.4 Å². The van der Waals surface area contributed by atoms with Crippen LogP contribution in [0.1, 0.15) is 51.2 Å². The molecule has 8 heteroatoms. The Kier molecular flexibility index (Phi) is 4.05. The number of rotatable bonds is 6. The van der Waals surface area contributed by atoms with Gasteiger partial charge in [0.25, 0.3) is 5.91 Å². The van der Waals surface area contributed by atoms with Crippen LogP contribution in [0.4, 0.5) is 0 Å². The van der Waals surface area contributed by atoms with Crippen molar-refractivity contribution in [2.24, 2.45) is 0 Å².